The molecule has 0 aromatic heterocycles. The maximum absolute atomic E-state index is 14.0. The van der Waals surface area contributed by atoms with Gasteiger partial charge in [0.15, 0.2) is 0 Å². The summed E-state index contributed by atoms with van der Waals surface area (Å²) in [6, 6.07) is 9.77. The van der Waals surface area contributed by atoms with Gasteiger partial charge in [-0.3, -0.25) is 19.6 Å². The second-order valence-corrected chi connectivity index (χ2v) is 10.3. The number of carbonyl (C=O) groups is 3. The first-order chi connectivity index (χ1) is 15.5. The molecule has 0 aliphatic carbocycles. The normalized spacial score (nSPS) is 27.6. The summed E-state index contributed by atoms with van der Waals surface area (Å²) in [6.45, 7) is 9.18. The standard InChI is InChI=1S/C25H38N4O4/c1-16(2)13-25(10-11-29(33)24(25)32)21(22(26)30)20(12-19-8-6-5-7-9-19)23(31)28-14-17(3)27-18(4)15-28/h5-9,16-18,20-21,27,33H,10-15H2,1-4H3,(H2,26,30). The monoisotopic (exact) mass is 458 g/mol. The van der Waals surface area contributed by atoms with Crippen LogP contribution in [-0.2, 0) is 20.8 Å². The van der Waals surface area contributed by atoms with Crippen LogP contribution in [-0.4, -0.2) is 64.6 Å². The van der Waals surface area contributed by atoms with Gasteiger partial charge in [-0.2, -0.15) is 0 Å². The smallest absolute Gasteiger partial charge is 0.253 e. The number of nitrogens with zero attached hydrogens (tertiary/aromatic N) is 2. The predicted octanol–water partition coefficient (Wildman–Crippen LogP) is 1.81. The van der Waals surface area contributed by atoms with E-state index in [9.17, 15) is 19.6 Å². The lowest BCUT2D eigenvalue weighted by Gasteiger charge is -2.43. The fourth-order valence-electron chi connectivity index (χ4n) is 5.92. The van der Waals surface area contributed by atoms with E-state index in [1.807, 2.05) is 58.0 Å². The lowest BCUT2D eigenvalue weighted by atomic mass is 9.62. The van der Waals surface area contributed by atoms with Crippen LogP contribution in [0, 0.1) is 23.2 Å². The van der Waals surface area contributed by atoms with Gasteiger partial charge >= 0.3 is 0 Å². The number of nitrogens with two attached hydrogens (primary N) is 1. The van der Waals surface area contributed by atoms with Gasteiger partial charge in [0.1, 0.15) is 0 Å². The van der Waals surface area contributed by atoms with E-state index >= 15 is 0 Å². The lowest BCUT2D eigenvalue weighted by molar-refractivity contribution is -0.171. The molecule has 5 atom stereocenters. The minimum Gasteiger partial charge on any atom is -0.369 e. The molecule has 33 heavy (non-hydrogen) atoms. The first kappa shape index (κ1) is 25.2. The highest BCUT2D eigenvalue weighted by Crippen LogP contribution is 2.48. The lowest BCUT2D eigenvalue weighted by Crippen LogP contribution is -2.59. The number of nitrogens with one attached hydrogen (secondary N) is 1. The van der Waals surface area contributed by atoms with Crippen molar-refractivity contribution in [2.45, 2.75) is 59.0 Å². The van der Waals surface area contributed by atoms with E-state index in [1.54, 1.807) is 4.90 Å². The second kappa shape index (κ2) is 10.2. The van der Waals surface area contributed by atoms with Crippen LogP contribution < -0.4 is 11.1 Å². The van der Waals surface area contributed by atoms with E-state index in [2.05, 4.69) is 5.32 Å². The molecule has 3 amide bonds. The van der Waals surface area contributed by atoms with E-state index in [4.69, 9.17) is 5.73 Å². The van der Waals surface area contributed by atoms with Gasteiger partial charge in [-0.15, -0.1) is 0 Å². The van der Waals surface area contributed by atoms with Crippen molar-refractivity contribution < 1.29 is 19.6 Å². The van der Waals surface area contributed by atoms with Gasteiger partial charge in [-0.05, 0) is 44.6 Å². The molecule has 2 saturated heterocycles. The zero-order valence-corrected chi connectivity index (χ0v) is 20.2. The van der Waals surface area contributed by atoms with Crippen LogP contribution in [0.1, 0.15) is 46.1 Å². The van der Waals surface area contributed by atoms with Crippen LogP contribution in [0.4, 0.5) is 0 Å². The quantitative estimate of drug-likeness (QED) is 0.514. The maximum atomic E-state index is 14.0. The number of primary amides is 1. The molecule has 0 radical (unpaired) electrons. The Morgan fingerprint density at radius 3 is 2.27 bits per heavy atom. The Balaban J connectivity index is 2.07. The summed E-state index contributed by atoms with van der Waals surface area (Å²) in [5.74, 6) is -3.06. The zero-order chi connectivity index (χ0) is 24.3. The van der Waals surface area contributed by atoms with E-state index in [-0.39, 0.29) is 30.5 Å². The van der Waals surface area contributed by atoms with Crippen LogP contribution in [0.25, 0.3) is 0 Å². The number of rotatable bonds is 8. The molecule has 2 fully saturated rings. The minimum atomic E-state index is -1.20. The van der Waals surface area contributed by atoms with Crippen LogP contribution in [0.5, 0.6) is 0 Å². The number of hydroxylamine groups is 2. The van der Waals surface area contributed by atoms with Crippen molar-refractivity contribution in [3.63, 3.8) is 0 Å². The van der Waals surface area contributed by atoms with Gasteiger partial charge in [-0.1, -0.05) is 44.2 Å². The van der Waals surface area contributed by atoms with Gasteiger partial charge in [0.05, 0.1) is 17.3 Å². The van der Waals surface area contributed by atoms with Gasteiger partial charge in [-0.25, -0.2) is 5.06 Å². The molecule has 8 heteroatoms. The molecule has 0 spiro atoms. The van der Waals surface area contributed by atoms with Crippen molar-refractivity contribution >= 4 is 17.7 Å². The molecule has 5 unspecified atom stereocenters. The number of piperazine rings is 1. The van der Waals surface area contributed by atoms with Crippen molar-refractivity contribution in [1.29, 1.82) is 0 Å². The summed E-state index contributed by atoms with van der Waals surface area (Å²) >= 11 is 0. The average Bonchev–Trinajstić information content (AvgIpc) is 3.01. The third-order valence-corrected chi connectivity index (χ3v) is 6.99. The summed E-state index contributed by atoms with van der Waals surface area (Å²) in [5.41, 5.74) is 5.69. The molecule has 0 saturated carbocycles. The molecule has 2 aliphatic rings. The highest BCUT2D eigenvalue weighted by atomic mass is 16.5. The van der Waals surface area contributed by atoms with Crippen molar-refractivity contribution in [3.8, 4) is 0 Å². The van der Waals surface area contributed by atoms with Crippen LogP contribution in [0.2, 0.25) is 0 Å². The maximum Gasteiger partial charge on any atom is 0.253 e. The number of amides is 3. The van der Waals surface area contributed by atoms with Crippen molar-refractivity contribution in [2.24, 2.45) is 28.9 Å². The van der Waals surface area contributed by atoms with Gasteiger partial charge in [0.2, 0.25) is 11.8 Å². The predicted molar refractivity (Wildman–Crippen MR) is 125 cm³/mol. The molecule has 4 N–H and O–H groups in total. The third-order valence-electron chi connectivity index (χ3n) is 6.99. The zero-order valence-electron chi connectivity index (χ0n) is 20.2. The number of hydrogen-bond acceptors (Lipinski definition) is 5. The molecule has 8 nitrogen and oxygen atoms in total. The topological polar surface area (TPSA) is 116 Å². The number of hydrogen-bond donors (Lipinski definition) is 3. The highest BCUT2D eigenvalue weighted by molar-refractivity contribution is 5.95. The summed E-state index contributed by atoms with van der Waals surface area (Å²) in [5, 5.41) is 14.4. The molecular weight excluding hydrogens is 420 g/mol. The minimum absolute atomic E-state index is 0.0778. The fraction of sp³-hybridized carbons (Fsp3) is 0.640. The molecule has 3 rings (SSSR count). The molecule has 2 aliphatic heterocycles. The van der Waals surface area contributed by atoms with Crippen molar-refractivity contribution in [3.05, 3.63) is 35.9 Å². The Morgan fingerprint density at radius 1 is 1.18 bits per heavy atom. The fourth-order valence-corrected chi connectivity index (χ4v) is 5.92. The van der Waals surface area contributed by atoms with Gasteiger partial charge in [0.25, 0.3) is 5.91 Å². The van der Waals surface area contributed by atoms with Crippen molar-refractivity contribution in [2.75, 3.05) is 19.6 Å². The van der Waals surface area contributed by atoms with E-state index in [1.165, 1.54) is 0 Å². The van der Waals surface area contributed by atoms with Crippen LogP contribution in [0.3, 0.4) is 0 Å². The molecule has 182 valence electrons. The van der Waals surface area contributed by atoms with Crippen LogP contribution >= 0.6 is 0 Å². The SMILES string of the molecule is CC(C)CC1(C(C(N)=O)C(Cc2ccccc2)C(=O)N2CC(C)NC(C)C2)CCN(O)C1=O. The van der Waals surface area contributed by atoms with E-state index < -0.39 is 29.1 Å². The number of benzene rings is 1. The second-order valence-electron chi connectivity index (χ2n) is 10.3. The summed E-state index contributed by atoms with van der Waals surface area (Å²) < 4.78 is 0. The molecular formula is C25H38N4O4. The van der Waals surface area contributed by atoms with Crippen molar-refractivity contribution in [1.82, 2.24) is 15.3 Å². The molecule has 2 heterocycles. The Morgan fingerprint density at radius 2 is 1.79 bits per heavy atom. The van der Waals surface area contributed by atoms with E-state index in [0.717, 1.165) is 5.56 Å². The molecule has 1 aromatic carbocycles. The largest absolute Gasteiger partial charge is 0.369 e. The Kier molecular flexibility index (Phi) is 7.80. The van der Waals surface area contributed by atoms with Gasteiger partial charge in [0, 0.05) is 31.7 Å². The Hall–Kier alpha value is -2.45. The van der Waals surface area contributed by atoms with Gasteiger partial charge < -0.3 is 16.0 Å². The first-order valence-corrected chi connectivity index (χ1v) is 11.9. The molecule has 1 aromatic rings. The highest BCUT2D eigenvalue weighted by Gasteiger charge is 2.58. The molecule has 0 bridgehead atoms. The Labute approximate surface area is 196 Å². The first-order valence-electron chi connectivity index (χ1n) is 11.9. The summed E-state index contributed by atoms with van der Waals surface area (Å²) in [4.78, 5) is 42.2. The Bertz CT molecular complexity index is 851. The summed E-state index contributed by atoms with van der Waals surface area (Å²) in [6.07, 6.45) is 0.975. The summed E-state index contributed by atoms with van der Waals surface area (Å²) in [7, 11) is 0. The third kappa shape index (κ3) is 5.38. The average molecular weight is 459 g/mol. The number of carbonyl (C=O) groups excluding carboxylic acids is 3. The van der Waals surface area contributed by atoms with E-state index in [0.29, 0.717) is 37.4 Å². The van der Waals surface area contributed by atoms with Crippen LogP contribution in [0.15, 0.2) is 30.3 Å².